The van der Waals surface area contributed by atoms with Crippen molar-refractivity contribution in [1.82, 2.24) is 4.90 Å². The molecule has 6 nitrogen and oxygen atoms in total. The van der Waals surface area contributed by atoms with Crippen LogP contribution in [0.25, 0.3) is 0 Å². The fourth-order valence-electron chi connectivity index (χ4n) is 1.32. The van der Waals surface area contributed by atoms with Gasteiger partial charge in [-0.1, -0.05) is 18.1 Å². The van der Waals surface area contributed by atoms with Gasteiger partial charge in [0, 0.05) is 0 Å². The van der Waals surface area contributed by atoms with E-state index in [2.05, 4.69) is 5.92 Å². The first-order chi connectivity index (χ1) is 9.04. The van der Waals surface area contributed by atoms with Gasteiger partial charge in [0.1, 0.15) is 6.54 Å². The van der Waals surface area contributed by atoms with Crippen LogP contribution in [0.1, 0.15) is 0 Å². The lowest BCUT2D eigenvalue weighted by Crippen LogP contribution is -2.38. The Bertz CT molecular complexity index is 506. The summed E-state index contributed by atoms with van der Waals surface area (Å²) in [5.41, 5.74) is 0. The molecular weight excluding hydrogens is 250 g/mol. The average Bonchev–Trinajstić information content (AvgIpc) is 2.36. The van der Waals surface area contributed by atoms with Crippen molar-refractivity contribution in [3.63, 3.8) is 0 Å². The molecule has 0 atom stereocenters. The van der Waals surface area contributed by atoms with E-state index in [0.717, 1.165) is 4.90 Å². The number of terminal acetylenes is 1. The zero-order valence-corrected chi connectivity index (χ0v) is 10.1. The minimum atomic E-state index is -1.16. The summed E-state index contributed by atoms with van der Waals surface area (Å²) in [6, 6.07) is 6.15. The monoisotopic (exact) mass is 263 g/mol. The molecule has 0 spiro atoms. The van der Waals surface area contributed by atoms with Gasteiger partial charge in [0.05, 0.1) is 6.54 Å². The van der Waals surface area contributed by atoms with Gasteiger partial charge in [-0.05, 0) is 12.1 Å². The summed E-state index contributed by atoms with van der Waals surface area (Å²) >= 11 is 0. The molecule has 1 amide bonds. The van der Waals surface area contributed by atoms with E-state index >= 15 is 0 Å². The summed E-state index contributed by atoms with van der Waals surface area (Å²) in [5, 5.41) is 18.1. The number of amides is 1. The van der Waals surface area contributed by atoms with E-state index in [0.29, 0.717) is 0 Å². The summed E-state index contributed by atoms with van der Waals surface area (Å²) in [5.74, 6) is 0.519. The number of hydrogen-bond donors (Lipinski definition) is 2. The highest BCUT2D eigenvalue weighted by atomic mass is 16.5. The van der Waals surface area contributed by atoms with Gasteiger partial charge in [-0.3, -0.25) is 9.59 Å². The highest BCUT2D eigenvalue weighted by Crippen LogP contribution is 2.24. The van der Waals surface area contributed by atoms with Crippen molar-refractivity contribution in [1.29, 1.82) is 0 Å². The third-order valence-electron chi connectivity index (χ3n) is 2.18. The molecule has 1 rings (SSSR count). The number of carboxylic acid groups (broad SMARTS) is 1. The second-order valence-corrected chi connectivity index (χ2v) is 3.60. The molecule has 0 aliphatic rings. The Morgan fingerprint density at radius 3 is 2.63 bits per heavy atom. The molecule has 0 radical (unpaired) electrons. The van der Waals surface area contributed by atoms with Gasteiger partial charge in [0.25, 0.3) is 5.91 Å². The Kier molecular flexibility index (Phi) is 5.23. The van der Waals surface area contributed by atoms with Crippen LogP contribution in [0.3, 0.4) is 0 Å². The number of ether oxygens (including phenoxy) is 1. The number of hydrogen-bond acceptors (Lipinski definition) is 4. The van der Waals surface area contributed by atoms with Crippen LogP contribution in [0.2, 0.25) is 0 Å². The van der Waals surface area contributed by atoms with Crippen LogP contribution in [0.4, 0.5) is 0 Å². The molecule has 0 unspecified atom stereocenters. The van der Waals surface area contributed by atoms with Gasteiger partial charge in [0.15, 0.2) is 18.1 Å². The lowest BCUT2D eigenvalue weighted by molar-refractivity contribution is -0.144. The lowest BCUT2D eigenvalue weighted by Gasteiger charge is -2.18. The summed E-state index contributed by atoms with van der Waals surface area (Å²) < 4.78 is 5.10. The van der Waals surface area contributed by atoms with Crippen molar-refractivity contribution in [2.45, 2.75) is 0 Å². The van der Waals surface area contributed by atoms with Crippen molar-refractivity contribution in [2.24, 2.45) is 0 Å². The van der Waals surface area contributed by atoms with Crippen LogP contribution in [0.5, 0.6) is 11.5 Å². The molecule has 6 heteroatoms. The molecule has 0 heterocycles. The van der Waals surface area contributed by atoms with Crippen molar-refractivity contribution in [3.8, 4) is 23.8 Å². The van der Waals surface area contributed by atoms with Crippen LogP contribution >= 0.6 is 0 Å². The number of nitrogens with zero attached hydrogens (tertiary/aromatic N) is 1. The normalized spacial score (nSPS) is 9.42. The summed E-state index contributed by atoms with van der Waals surface area (Å²) in [6.07, 6.45) is 5.06. The van der Waals surface area contributed by atoms with E-state index in [9.17, 15) is 14.7 Å². The molecule has 0 aromatic heterocycles. The maximum absolute atomic E-state index is 11.7. The van der Waals surface area contributed by atoms with Crippen molar-refractivity contribution in [2.75, 3.05) is 19.7 Å². The largest absolute Gasteiger partial charge is 0.504 e. The maximum atomic E-state index is 11.7. The molecule has 2 N–H and O–H groups in total. The topological polar surface area (TPSA) is 87.1 Å². The second-order valence-electron chi connectivity index (χ2n) is 3.60. The predicted octanol–water partition coefficient (Wildman–Crippen LogP) is 0.317. The van der Waals surface area contributed by atoms with Crippen LogP contribution in [0.15, 0.2) is 24.3 Å². The number of rotatable bonds is 6. The number of aromatic hydroxyl groups is 1. The lowest BCUT2D eigenvalue weighted by atomic mass is 10.3. The zero-order valence-electron chi connectivity index (χ0n) is 10.1. The maximum Gasteiger partial charge on any atom is 0.323 e. The Balaban J connectivity index is 2.60. The van der Waals surface area contributed by atoms with Crippen molar-refractivity contribution < 1.29 is 24.5 Å². The smallest absolute Gasteiger partial charge is 0.323 e. The first kappa shape index (κ1) is 14.4. The highest BCUT2D eigenvalue weighted by Gasteiger charge is 2.16. The standard InChI is InChI=1S/C13H13NO5/c1-2-7-14(8-13(17)18)12(16)9-19-11-6-4-3-5-10(11)15/h1,3-6,15H,7-9H2,(H,17,18). The molecule has 19 heavy (non-hydrogen) atoms. The van der Waals surface area contributed by atoms with E-state index < -0.39 is 25.0 Å². The van der Waals surface area contributed by atoms with Gasteiger partial charge < -0.3 is 19.8 Å². The van der Waals surface area contributed by atoms with Crippen molar-refractivity contribution in [3.05, 3.63) is 24.3 Å². The molecule has 0 saturated heterocycles. The molecule has 0 aliphatic carbocycles. The molecule has 0 saturated carbocycles. The highest BCUT2D eigenvalue weighted by molar-refractivity contribution is 5.82. The first-order valence-corrected chi connectivity index (χ1v) is 5.38. The Hall–Kier alpha value is -2.68. The molecule has 0 fully saturated rings. The molecule has 1 aromatic carbocycles. The van der Waals surface area contributed by atoms with Gasteiger partial charge in [-0.2, -0.15) is 0 Å². The predicted molar refractivity (Wildman–Crippen MR) is 66.7 cm³/mol. The van der Waals surface area contributed by atoms with Crippen LogP contribution in [0, 0.1) is 12.3 Å². The number of carbonyl (C=O) groups excluding carboxylic acids is 1. The third-order valence-corrected chi connectivity index (χ3v) is 2.18. The number of aliphatic carboxylic acids is 1. The molecule has 0 bridgehead atoms. The first-order valence-electron chi connectivity index (χ1n) is 5.38. The summed E-state index contributed by atoms with van der Waals surface area (Å²) in [7, 11) is 0. The number of para-hydroxylation sites is 2. The van der Waals surface area contributed by atoms with Gasteiger partial charge >= 0.3 is 5.97 Å². The van der Waals surface area contributed by atoms with E-state index in [1.165, 1.54) is 12.1 Å². The summed E-state index contributed by atoms with van der Waals surface area (Å²) in [4.78, 5) is 23.3. The number of phenols is 1. The number of benzene rings is 1. The Morgan fingerprint density at radius 2 is 2.05 bits per heavy atom. The molecule has 1 aromatic rings. The van der Waals surface area contributed by atoms with E-state index in [-0.39, 0.29) is 18.0 Å². The number of carbonyl (C=O) groups is 2. The molecule has 100 valence electrons. The van der Waals surface area contributed by atoms with E-state index in [1.807, 2.05) is 0 Å². The quantitative estimate of drug-likeness (QED) is 0.722. The summed E-state index contributed by atoms with van der Waals surface area (Å²) in [6.45, 7) is -1.00. The SMILES string of the molecule is C#CCN(CC(=O)O)C(=O)COc1ccccc1O. The minimum absolute atomic E-state index is 0.1000. The van der Waals surface area contributed by atoms with Crippen LogP contribution in [-0.2, 0) is 9.59 Å². The number of carboxylic acids is 1. The van der Waals surface area contributed by atoms with Crippen LogP contribution < -0.4 is 4.74 Å². The second kappa shape index (κ2) is 6.91. The van der Waals surface area contributed by atoms with Crippen molar-refractivity contribution >= 4 is 11.9 Å². The Labute approximate surface area is 110 Å². The fourth-order valence-corrected chi connectivity index (χ4v) is 1.32. The third kappa shape index (κ3) is 4.60. The van der Waals surface area contributed by atoms with E-state index in [1.54, 1.807) is 12.1 Å². The van der Waals surface area contributed by atoms with Crippen LogP contribution in [-0.4, -0.2) is 46.7 Å². The fraction of sp³-hybridized carbons (Fsp3) is 0.231. The van der Waals surface area contributed by atoms with E-state index in [4.69, 9.17) is 16.3 Å². The molecular formula is C13H13NO5. The average molecular weight is 263 g/mol. The number of phenolic OH excluding ortho intramolecular Hbond substituents is 1. The Morgan fingerprint density at radius 1 is 1.37 bits per heavy atom. The minimum Gasteiger partial charge on any atom is -0.504 e. The van der Waals surface area contributed by atoms with Gasteiger partial charge in [-0.25, -0.2) is 0 Å². The molecule has 0 aliphatic heterocycles. The van der Waals surface area contributed by atoms with Gasteiger partial charge in [-0.15, -0.1) is 6.42 Å². The zero-order chi connectivity index (χ0) is 14.3. The van der Waals surface area contributed by atoms with Gasteiger partial charge in [0.2, 0.25) is 0 Å².